The Morgan fingerprint density at radius 1 is 1.00 bits per heavy atom. The van der Waals surface area contributed by atoms with Crippen molar-refractivity contribution in [1.82, 2.24) is 24.6 Å². The van der Waals surface area contributed by atoms with Gasteiger partial charge in [0.25, 0.3) is 0 Å². The van der Waals surface area contributed by atoms with Gasteiger partial charge in [-0.15, -0.1) is 0 Å². The van der Waals surface area contributed by atoms with E-state index in [1.165, 1.54) is 11.3 Å². The van der Waals surface area contributed by atoms with Gasteiger partial charge in [0, 0.05) is 49.9 Å². The summed E-state index contributed by atoms with van der Waals surface area (Å²) in [6.07, 6.45) is 2.13. The molecular weight excluding hydrogens is 450 g/mol. The van der Waals surface area contributed by atoms with Crippen LogP contribution in [0.15, 0.2) is 79.1 Å². The number of aliphatic hydroxyl groups is 1. The van der Waals surface area contributed by atoms with Crippen LogP contribution in [0.1, 0.15) is 11.3 Å². The van der Waals surface area contributed by atoms with Crippen molar-refractivity contribution >= 4 is 11.0 Å². The van der Waals surface area contributed by atoms with Gasteiger partial charge in [0.1, 0.15) is 18.5 Å². The van der Waals surface area contributed by atoms with Gasteiger partial charge in [-0.3, -0.25) is 10.00 Å². The molecular formula is C29H29N5O2. The number of hydrogen-bond donors (Lipinski definition) is 2. The summed E-state index contributed by atoms with van der Waals surface area (Å²) in [7, 11) is 2.00. The summed E-state index contributed by atoms with van der Waals surface area (Å²) in [5, 5.41) is 18.5. The zero-order valence-corrected chi connectivity index (χ0v) is 20.3. The van der Waals surface area contributed by atoms with E-state index in [1.54, 1.807) is 0 Å². The molecule has 5 aromatic rings. The van der Waals surface area contributed by atoms with Gasteiger partial charge < -0.3 is 14.4 Å². The van der Waals surface area contributed by atoms with Gasteiger partial charge in [-0.05, 0) is 35.4 Å². The first kappa shape index (κ1) is 22.5. The molecule has 36 heavy (non-hydrogen) atoms. The van der Waals surface area contributed by atoms with Crippen LogP contribution < -0.4 is 4.74 Å². The molecule has 0 fully saturated rings. The van der Waals surface area contributed by atoms with E-state index < -0.39 is 6.10 Å². The molecule has 6 rings (SSSR count). The first-order chi connectivity index (χ1) is 17.6. The molecule has 0 amide bonds. The second-order valence-corrected chi connectivity index (χ2v) is 9.43. The number of β-amino-alcohol motifs (C(OH)–C–C–N with tert-alkyl or cyclic N) is 1. The standard InChI is InChI=1S/C29H29N5O2/c1-33-19-30-27-11-10-22(15-28(27)33)21-8-5-9-24(14-21)36-18-23(35)16-34-13-12-26-25(17-34)29(32-31-26)20-6-3-2-4-7-20/h2-11,14-15,19,23,35H,12-13,16-18H2,1H3,(H,31,32). The molecule has 1 unspecified atom stereocenters. The fraction of sp³-hybridized carbons (Fsp3) is 0.241. The van der Waals surface area contributed by atoms with E-state index in [2.05, 4.69) is 50.4 Å². The van der Waals surface area contributed by atoms with Crippen LogP contribution in [-0.4, -0.2) is 55.6 Å². The average molecular weight is 480 g/mol. The van der Waals surface area contributed by atoms with Crippen molar-refractivity contribution in [2.75, 3.05) is 19.7 Å². The van der Waals surface area contributed by atoms with E-state index in [0.717, 1.165) is 58.7 Å². The Morgan fingerprint density at radius 2 is 1.83 bits per heavy atom. The van der Waals surface area contributed by atoms with Gasteiger partial charge in [0.15, 0.2) is 0 Å². The SMILES string of the molecule is Cn1cnc2ccc(-c3cccc(OCC(O)CN4CCc5[nH]nc(-c6ccccc6)c5C4)c3)cc21. The maximum Gasteiger partial charge on any atom is 0.120 e. The van der Waals surface area contributed by atoms with Crippen molar-refractivity contribution < 1.29 is 9.84 Å². The van der Waals surface area contributed by atoms with Gasteiger partial charge in [-0.1, -0.05) is 48.5 Å². The molecule has 0 bridgehead atoms. The summed E-state index contributed by atoms with van der Waals surface area (Å²) >= 11 is 0. The Bertz CT molecular complexity index is 1490. The number of ether oxygens (including phenoxy) is 1. The van der Waals surface area contributed by atoms with Crippen LogP contribution >= 0.6 is 0 Å². The third-order valence-electron chi connectivity index (χ3n) is 6.86. The highest BCUT2D eigenvalue weighted by atomic mass is 16.5. The Balaban J connectivity index is 1.09. The highest BCUT2D eigenvalue weighted by molar-refractivity contribution is 5.82. The number of rotatable bonds is 7. The lowest BCUT2D eigenvalue weighted by molar-refractivity contribution is 0.0637. The second kappa shape index (κ2) is 9.60. The number of H-pyrrole nitrogens is 1. The Hall–Kier alpha value is -3.94. The van der Waals surface area contributed by atoms with Crippen molar-refractivity contribution in [1.29, 1.82) is 0 Å². The molecule has 0 radical (unpaired) electrons. The first-order valence-corrected chi connectivity index (χ1v) is 12.3. The molecule has 0 spiro atoms. The molecule has 2 N–H and O–H groups in total. The molecule has 7 heteroatoms. The topological polar surface area (TPSA) is 79.2 Å². The highest BCUT2D eigenvalue weighted by Gasteiger charge is 2.24. The smallest absolute Gasteiger partial charge is 0.120 e. The van der Waals surface area contributed by atoms with Crippen molar-refractivity contribution in [3.63, 3.8) is 0 Å². The van der Waals surface area contributed by atoms with Crippen LogP contribution in [0.5, 0.6) is 5.75 Å². The van der Waals surface area contributed by atoms with Crippen LogP contribution in [0.25, 0.3) is 33.4 Å². The van der Waals surface area contributed by atoms with E-state index in [0.29, 0.717) is 6.54 Å². The van der Waals surface area contributed by atoms with Gasteiger partial charge in [-0.2, -0.15) is 5.10 Å². The molecule has 0 saturated carbocycles. The zero-order chi connectivity index (χ0) is 24.5. The third kappa shape index (κ3) is 4.51. The van der Waals surface area contributed by atoms with Crippen molar-refractivity contribution in [3.05, 3.63) is 90.4 Å². The fourth-order valence-electron chi connectivity index (χ4n) is 4.96. The average Bonchev–Trinajstić information content (AvgIpc) is 3.51. The number of nitrogens with one attached hydrogen (secondary N) is 1. The number of nitrogens with zero attached hydrogens (tertiary/aromatic N) is 4. The van der Waals surface area contributed by atoms with E-state index in [1.807, 2.05) is 60.4 Å². The van der Waals surface area contributed by atoms with E-state index in [4.69, 9.17) is 4.74 Å². The second-order valence-electron chi connectivity index (χ2n) is 9.43. The molecule has 7 nitrogen and oxygen atoms in total. The Labute approximate surface area is 210 Å². The normalized spacial score (nSPS) is 14.6. The summed E-state index contributed by atoms with van der Waals surface area (Å²) in [5.41, 5.74) is 8.78. The largest absolute Gasteiger partial charge is 0.491 e. The van der Waals surface area contributed by atoms with Crippen LogP contribution in [0.3, 0.4) is 0 Å². The number of aryl methyl sites for hydroxylation is 1. The Morgan fingerprint density at radius 3 is 2.72 bits per heavy atom. The molecule has 1 aliphatic heterocycles. The van der Waals surface area contributed by atoms with Gasteiger partial charge in [-0.25, -0.2) is 4.98 Å². The number of imidazole rings is 1. The van der Waals surface area contributed by atoms with Crippen LogP contribution in [0, 0.1) is 0 Å². The minimum atomic E-state index is -0.590. The lowest BCUT2D eigenvalue weighted by Gasteiger charge is -2.29. The van der Waals surface area contributed by atoms with Crippen LogP contribution in [0.2, 0.25) is 0 Å². The third-order valence-corrected chi connectivity index (χ3v) is 6.86. The maximum absolute atomic E-state index is 10.8. The predicted octanol–water partition coefficient (Wildman–Crippen LogP) is 4.43. The molecule has 2 aromatic heterocycles. The molecule has 1 aliphatic rings. The molecule has 0 saturated heterocycles. The number of aromatic nitrogens is 4. The molecule has 3 heterocycles. The number of aliphatic hydroxyl groups excluding tert-OH is 1. The summed E-state index contributed by atoms with van der Waals surface area (Å²) in [4.78, 5) is 6.67. The number of fused-ring (bicyclic) bond motifs is 2. The fourth-order valence-corrected chi connectivity index (χ4v) is 4.96. The van der Waals surface area contributed by atoms with Crippen LogP contribution in [-0.2, 0) is 20.0 Å². The van der Waals surface area contributed by atoms with Crippen molar-refractivity contribution in [2.45, 2.75) is 19.1 Å². The molecule has 1 atom stereocenters. The quantitative estimate of drug-likeness (QED) is 0.361. The van der Waals surface area contributed by atoms with Gasteiger partial charge in [0.05, 0.1) is 23.1 Å². The summed E-state index contributed by atoms with van der Waals surface area (Å²) in [5.74, 6) is 0.749. The highest BCUT2D eigenvalue weighted by Crippen LogP contribution is 2.29. The van der Waals surface area contributed by atoms with E-state index in [9.17, 15) is 5.11 Å². The lowest BCUT2D eigenvalue weighted by Crippen LogP contribution is -2.38. The number of aromatic amines is 1. The number of hydrogen-bond acceptors (Lipinski definition) is 5. The summed E-state index contributed by atoms with van der Waals surface area (Å²) in [6, 6.07) is 24.5. The summed E-state index contributed by atoms with van der Waals surface area (Å²) < 4.78 is 8.02. The van der Waals surface area contributed by atoms with E-state index >= 15 is 0 Å². The predicted molar refractivity (Wildman–Crippen MR) is 141 cm³/mol. The maximum atomic E-state index is 10.8. The van der Waals surface area contributed by atoms with Gasteiger partial charge >= 0.3 is 0 Å². The molecule has 182 valence electrons. The Kier molecular flexibility index (Phi) is 6.01. The molecule has 0 aliphatic carbocycles. The lowest BCUT2D eigenvalue weighted by atomic mass is 10.0. The van der Waals surface area contributed by atoms with E-state index in [-0.39, 0.29) is 6.61 Å². The first-order valence-electron chi connectivity index (χ1n) is 12.3. The van der Waals surface area contributed by atoms with Gasteiger partial charge in [0.2, 0.25) is 0 Å². The van der Waals surface area contributed by atoms with Crippen LogP contribution in [0.4, 0.5) is 0 Å². The summed E-state index contributed by atoms with van der Waals surface area (Å²) in [6.45, 7) is 2.44. The minimum Gasteiger partial charge on any atom is -0.491 e. The monoisotopic (exact) mass is 479 g/mol. The molecule has 3 aromatic carbocycles. The van der Waals surface area contributed by atoms with Crippen molar-refractivity contribution in [2.24, 2.45) is 7.05 Å². The van der Waals surface area contributed by atoms with Crippen molar-refractivity contribution in [3.8, 4) is 28.1 Å². The zero-order valence-electron chi connectivity index (χ0n) is 20.3. The number of benzene rings is 3. The minimum absolute atomic E-state index is 0.241.